The summed E-state index contributed by atoms with van der Waals surface area (Å²) in [6.45, 7) is 1.41. The van der Waals surface area contributed by atoms with Gasteiger partial charge < -0.3 is 0 Å². The third-order valence-electron chi connectivity index (χ3n) is 1.77. The van der Waals surface area contributed by atoms with Gasteiger partial charge in [0.25, 0.3) is 0 Å². The van der Waals surface area contributed by atoms with Gasteiger partial charge in [-0.25, -0.2) is 0 Å². The number of hydrogen-bond acceptors (Lipinski definition) is 1. The van der Waals surface area contributed by atoms with Crippen molar-refractivity contribution in [3.63, 3.8) is 0 Å². The molecule has 0 fully saturated rings. The maximum atomic E-state index is 12.4. The maximum Gasteiger partial charge on any atom is 0.417 e. The van der Waals surface area contributed by atoms with Gasteiger partial charge in [0.15, 0.2) is 6.29 Å². The van der Waals surface area contributed by atoms with E-state index in [4.69, 9.17) is 11.6 Å². The van der Waals surface area contributed by atoms with E-state index in [1.54, 1.807) is 0 Å². The highest BCUT2D eigenvalue weighted by Gasteiger charge is 2.34. The minimum Gasteiger partial charge on any atom is -0.298 e. The molecule has 0 heterocycles. The van der Waals surface area contributed by atoms with E-state index in [1.165, 1.54) is 13.0 Å². The molecule has 0 atom stereocenters. The first-order valence-corrected chi connectivity index (χ1v) is 4.06. The van der Waals surface area contributed by atoms with Crippen molar-refractivity contribution in [1.82, 2.24) is 0 Å². The summed E-state index contributed by atoms with van der Waals surface area (Å²) >= 11 is 5.47. The van der Waals surface area contributed by atoms with Crippen LogP contribution >= 0.6 is 11.6 Å². The van der Waals surface area contributed by atoms with Crippen LogP contribution in [-0.4, -0.2) is 6.29 Å². The molecule has 0 bridgehead atoms. The smallest absolute Gasteiger partial charge is 0.298 e. The largest absolute Gasteiger partial charge is 0.417 e. The van der Waals surface area contributed by atoms with Crippen LogP contribution in [0.25, 0.3) is 0 Å². The Balaban J connectivity index is 3.48. The Morgan fingerprint density at radius 2 is 1.93 bits per heavy atom. The minimum atomic E-state index is -4.55. The average Bonchev–Trinajstić information content (AvgIpc) is 2.01. The summed E-state index contributed by atoms with van der Waals surface area (Å²) in [4.78, 5) is 10.5. The van der Waals surface area contributed by atoms with Crippen molar-refractivity contribution in [3.05, 3.63) is 33.8 Å². The molecule has 0 aliphatic heterocycles. The number of alkyl halides is 3. The number of benzene rings is 1. The Hall–Kier alpha value is -1.03. The second-order valence-electron chi connectivity index (χ2n) is 2.80. The number of carbonyl (C=O) groups excluding carboxylic acids is 1. The van der Waals surface area contributed by atoms with Crippen molar-refractivity contribution in [1.29, 1.82) is 0 Å². The molecular weight excluding hydrogens is 217 g/mol. The molecular formula is C9H6ClF3O. The van der Waals surface area contributed by atoms with Gasteiger partial charge >= 0.3 is 6.18 Å². The minimum absolute atomic E-state index is 0.0274. The molecule has 1 aromatic rings. The Morgan fingerprint density at radius 3 is 2.36 bits per heavy atom. The van der Waals surface area contributed by atoms with Crippen molar-refractivity contribution < 1.29 is 18.0 Å². The van der Waals surface area contributed by atoms with E-state index in [1.807, 2.05) is 0 Å². The number of halogens is 4. The molecule has 0 N–H and O–H groups in total. The summed E-state index contributed by atoms with van der Waals surface area (Å²) in [5.74, 6) is 0. The highest BCUT2D eigenvalue weighted by Crippen LogP contribution is 2.34. The van der Waals surface area contributed by atoms with Crippen molar-refractivity contribution in [2.45, 2.75) is 13.1 Å². The Bertz CT molecular complexity index is 371. The van der Waals surface area contributed by atoms with E-state index in [9.17, 15) is 18.0 Å². The van der Waals surface area contributed by atoms with Crippen LogP contribution in [0.3, 0.4) is 0 Å². The lowest BCUT2D eigenvalue weighted by Crippen LogP contribution is -2.10. The number of aryl methyl sites for hydroxylation is 1. The molecule has 0 spiro atoms. The molecule has 0 aromatic heterocycles. The fourth-order valence-corrected chi connectivity index (χ4v) is 1.42. The standard InChI is InChI=1S/C9H6ClF3O/c1-5-2-6(10)3-8(7(5)4-14)9(11,12)13/h2-4H,1H3. The molecule has 1 rings (SSSR count). The molecule has 0 unspecified atom stereocenters. The van der Waals surface area contributed by atoms with Crippen LogP contribution < -0.4 is 0 Å². The van der Waals surface area contributed by atoms with E-state index in [2.05, 4.69) is 0 Å². The van der Waals surface area contributed by atoms with E-state index in [0.717, 1.165) is 6.07 Å². The summed E-state index contributed by atoms with van der Waals surface area (Å²) in [5, 5.41) is -0.0274. The van der Waals surface area contributed by atoms with Gasteiger partial charge in [-0.2, -0.15) is 13.2 Å². The van der Waals surface area contributed by atoms with Crippen LogP contribution in [-0.2, 0) is 6.18 Å². The molecule has 0 radical (unpaired) electrons. The van der Waals surface area contributed by atoms with Gasteiger partial charge in [-0.3, -0.25) is 4.79 Å². The van der Waals surface area contributed by atoms with Crippen LogP contribution in [0.5, 0.6) is 0 Å². The maximum absolute atomic E-state index is 12.4. The highest BCUT2D eigenvalue weighted by atomic mass is 35.5. The molecule has 0 aliphatic rings. The van der Waals surface area contributed by atoms with Crippen molar-refractivity contribution >= 4 is 17.9 Å². The Labute approximate surface area is 83.5 Å². The SMILES string of the molecule is Cc1cc(Cl)cc(C(F)(F)F)c1C=O. The second kappa shape index (κ2) is 3.61. The Kier molecular flexibility index (Phi) is 2.85. The number of hydrogen-bond donors (Lipinski definition) is 0. The molecule has 14 heavy (non-hydrogen) atoms. The predicted octanol–water partition coefficient (Wildman–Crippen LogP) is 3.48. The Morgan fingerprint density at radius 1 is 1.36 bits per heavy atom. The first-order chi connectivity index (χ1) is 6.36. The lowest BCUT2D eigenvalue weighted by Gasteiger charge is -2.11. The average molecular weight is 223 g/mol. The van der Waals surface area contributed by atoms with Gasteiger partial charge in [0.1, 0.15) is 0 Å². The van der Waals surface area contributed by atoms with Gasteiger partial charge in [-0.05, 0) is 24.6 Å². The summed E-state index contributed by atoms with van der Waals surface area (Å²) in [5.41, 5.74) is -1.13. The van der Waals surface area contributed by atoms with Crippen LogP contribution in [0.4, 0.5) is 13.2 Å². The monoisotopic (exact) mass is 222 g/mol. The fourth-order valence-electron chi connectivity index (χ4n) is 1.15. The third-order valence-corrected chi connectivity index (χ3v) is 1.99. The van der Waals surface area contributed by atoms with E-state index in [-0.39, 0.29) is 22.4 Å². The second-order valence-corrected chi connectivity index (χ2v) is 3.24. The number of aldehydes is 1. The zero-order chi connectivity index (χ0) is 10.9. The zero-order valence-electron chi connectivity index (χ0n) is 7.15. The lowest BCUT2D eigenvalue weighted by molar-refractivity contribution is -0.137. The van der Waals surface area contributed by atoms with Crippen LogP contribution in [0.15, 0.2) is 12.1 Å². The van der Waals surface area contributed by atoms with Crippen molar-refractivity contribution in [2.75, 3.05) is 0 Å². The number of carbonyl (C=O) groups is 1. The van der Waals surface area contributed by atoms with Crippen molar-refractivity contribution in [3.8, 4) is 0 Å². The van der Waals surface area contributed by atoms with Crippen LogP contribution in [0.2, 0.25) is 5.02 Å². The molecule has 76 valence electrons. The summed E-state index contributed by atoms with van der Waals surface area (Å²) in [6.07, 6.45) is -4.36. The highest BCUT2D eigenvalue weighted by molar-refractivity contribution is 6.30. The molecule has 0 saturated heterocycles. The molecule has 5 heteroatoms. The molecule has 1 nitrogen and oxygen atoms in total. The zero-order valence-corrected chi connectivity index (χ0v) is 7.91. The van der Waals surface area contributed by atoms with Crippen LogP contribution in [0.1, 0.15) is 21.5 Å². The third kappa shape index (κ3) is 2.07. The van der Waals surface area contributed by atoms with Crippen molar-refractivity contribution in [2.24, 2.45) is 0 Å². The summed E-state index contributed by atoms with van der Waals surface area (Å²) < 4.78 is 37.1. The van der Waals surface area contributed by atoms with E-state index in [0.29, 0.717) is 0 Å². The van der Waals surface area contributed by atoms with Gasteiger partial charge in [0, 0.05) is 10.6 Å². The quantitative estimate of drug-likeness (QED) is 0.665. The molecule has 0 saturated carbocycles. The van der Waals surface area contributed by atoms with Crippen LogP contribution in [0, 0.1) is 6.92 Å². The topological polar surface area (TPSA) is 17.1 Å². The van der Waals surface area contributed by atoms with Gasteiger partial charge in [-0.1, -0.05) is 11.6 Å². The van der Waals surface area contributed by atoms with E-state index >= 15 is 0 Å². The fraction of sp³-hybridized carbons (Fsp3) is 0.222. The molecule has 0 aliphatic carbocycles. The first kappa shape index (κ1) is 11.0. The van der Waals surface area contributed by atoms with Gasteiger partial charge in [0.05, 0.1) is 5.56 Å². The number of rotatable bonds is 1. The normalized spacial score (nSPS) is 11.5. The van der Waals surface area contributed by atoms with Gasteiger partial charge in [-0.15, -0.1) is 0 Å². The van der Waals surface area contributed by atoms with E-state index < -0.39 is 11.7 Å². The van der Waals surface area contributed by atoms with Gasteiger partial charge in [0.2, 0.25) is 0 Å². The molecule has 1 aromatic carbocycles. The lowest BCUT2D eigenvalue weighted by atomic mass is 10.0. The first-order valence-electron chi connectivity index (χ1n) is 3.69. The predicted molar refractivity (Wildman–Crippen MR) is 46.6 cm³/mol. The summed E-state index contributed by atoms with van der Waals surface area (Å²) in [6, 6.07) is 2.07. The molecule has 0 amide bonds. The summed E-state index contributed by atoms with van der Waals surface area (Å²) in [7, 11) is 0.